The number of hydrogen-bond acceptors (Lipinski definition) is 5. The number of ether oxygens (including phenoxy) is 1. The number of nitrogens with one attached hydrogen (secondary N) is 2. The van der Waals surface area contributed by atoms with E-state index in [1.165, 1.54) is 0 Å². The van der Waals surface area contributed by atoms with E-state index in [1.807, 2.05) is 35.2 Å². The molecule has 2 N–H and O–H groups in total. The number of nitrogens with zero attached hydrogens (tertiary/aromatic N) is 3. The van der Waals surface area contributed by atoms with Crippen LogP contribution in [-0.4, -0.2) is 61.8 Å². The minimum atomic E-state index is -0.300. The largest absolute Gasteiger partial charge is 0.378 e. The van der Waals surface area contributed by atoms with Gasteiger partial charge in [-0.3, -0.25) is 9.79 Å². The van der Waals surface area contributed by atoms with E-state index in [9.17, 15) is 4.79 Å². The Labute approximate surface area is 207 Å². The van der Waals surface area contributed by atoms with Gasteiger partial charge in [-0.15, -0.1) is 24.0 Å². The van der Waals surface area contributed by atoms with Gasteiger partial charge < -0.3 is 24.8 Å². The van der Waals surface area contributed by atoms with Crippen molar-refractivity contribution < 1.29 is 14.1 Å². The molecule has 1 atom stereocenters. The van der Waals surface area contributed by atoms with Crippen LogP contribution in [0, 0.1) is 0 Å². The second-order valence-corrected chi connectivity index (χ2v) is 7.45. The van der Waals surface area contributed by atoms with Crippen molar-refractivity contribution in [2.24, 2.45) is 4.99 Å². The van der Waals surface area contributed by atoms with Crippen molar-refractivity contribution in [1.82, 2.24) is 20.7 Å². The van der Waals surface area contributed by atoms with Crippen LogP contribution in [0.1, 0.15) is 42.3 Å². The molecule has 1 aromatic carbocycles. The lowest BCUT2D eigenvalue weighted by atomic mass is 9.97. The SMILES string of the molecule is CCc1noc(CC)c1CNC(=NC)NCC(C(=O)N1CCOCC1)c1ccccc1.I. The van der Waals surface area contributed by atoms with Gasteiger partial charge in [-0.2, -0.15) is 0 Å². The molecule has 9 heteroatoms. The molecule has 0 saturated carbocycles. The monoisotopic (exact) mass is 555 g/mol. The van der Waals surface area contributed by atoms with Crippen LogP contribution >= 0.6 is 24.0 Å². The summed E-state index contributed by atoms with van der Waals surface area (Å²) in [5, 5.41) is 10.8. The van der Waals surface area contributed by atoms with Gasteiger partial charge in [-0.1, -0.05) is 49.3 Å². The average molecular weight is 555 g/mol. The van der Waals surface area contributed by atoms with Gasteiger partial charge in [0.1, 0.15) is 5.76 Å². The van der Waals surface area contributed by atoms with Crippen LogP contribution in [0.15, 0.2) is 39.8 Å². The number of rotatable bonds is 8. The topological polar surface area (TPSA) is 92.0 Å². The Bertz CT molecular complexity index is 844. The summed E-state index contributed by atoms with van der Waals surface area (Å²) >= 11 is 0. The van der Waals surface area contributed by atoms with Gasteiger partial charge in [0.2, 0.25) is 5.91 Å². The van der Waals surface area contributed by atoms with Crippen molar-refractivity contribution in [3.8, 4) is 0 Å². The zero-order valence-corrected chi connectivity index (χ0v) is 21.4. The van der Waals surface area contributed by atoms with Crippen LogP contribution in [0.5, 0.6) is 0 Å². The van der Waals surface area contributed by atoms with Crippen LogP contribution in [0.2, 0.25) is 0 Å². The van der Waals surface area contributed by atoms with E-state index in [0.29, 0.717) is 45.4 Å². The van der Waals surface area contributed by atoms with Gasteiger partial charge in [0.25, 0.3) is 0 Å². The third-order valence-electron chi connectivity index (χ3n) is 5.56. The molecular formula is C23H34IN5O3. The Balaban J connectivity index is 0.00000363. The molecule has 0 radical (unpaired) electrons. The standard InChI is InChI=1S/C23H33N5O3.HI/c1-4-20-19(21(5-2)31-27-20)16-26-23(24-3)25-15-18(17-9-7-6-8-10-17)22(29)28-11-13-30-14-12-28;/h6-10,18H,4-5,11-16H2,1-3H3,(H2,24,25,26);1H. The first-order valence-corrected chi connectivity index (χ1v) is 11.0. The van der Waals surface area contributed by atoms with E-state index in [0.717, 1.165) is 35.4 Å². The summed E-state index contributed by atoms with van der Waals surface area (Å²) < 4.78 is 10.9. The Morgan fingerprint density at radius 1 is 1.16 bits per heavy atom. The normalized spacial score (nSPS) is 15.1. The maximum absolute atomic E-state index is 13.3. The van der Waals surface area contributed by atoms with Gasteiger partial charge in [0.15, 0.2) is 5.96 Å². The molecule has 1 aliphatic rings. The number of benzene rings is 1. The number of guanidine groups is 1. The number of aryl methyl sites for hydroxylation is 2. The summed E-state index contributed by atoms with van der Waals surface area (Å²) in [5.74, 6) is 1.34. The van der Waals surface area contributed by atoms with E-state index in [4.69, 9.17) is 9.26 Å². The van der Waals surface area contributed by atoms with E-state index < -0.39 is 0 Å². The third kappa shape index (κ3) is 6.68. The van der Waals surface area contributed by atoms with Crippen molar-refractivity contribution in [2.75, 3.05) is 39.9 Å². The molecule has 0 aliphatic carbocycles. The van der Waals surface area contributed by atoms with Crippen molar-refractivity contribution in [1.29, 1.82) is 0 Å². The van der Waals surface area contributed by atoms with Crippen LogP contribution in [0.3, 0.4) is 0 Å². The third-order valence-corrected chi connectivity index (χ3v) is 5.56. The Morgan fingerprint density at radius 3 is 2.50 bits per heavy atom. The number of aromatic nitrogens is 1. The predicted molar refractivity (Wildman–Crippen MR) is 135 cm³/mol. The van der Waals surface area contributed by atoms with Gasteiger partial charge in [-0.25, -0.2) is 0 Å². The smallest absolute Gasteiger partial charge is 0.232 e. The molecule has 32 heavy (non-hydrogen) atoms. The number of halogens is 1. The fraction of sp³-hybridized carbons (Fsp3) is 0.522. The fourth-order valence-electron chi connectivity index (χ4n) is 3.77. The maximum Gasteiger partial charge on any atom is 0.232 e. The summed E-state index contributed by atoms with van der Waals surface area (Å²) in [6.07, 6.45) is 1.61. The molecule has 1 saturated heterocycles. The molecule has 0 spiro atoms. The minimum Gasteiger partial charge on any atom is -0.378 e. The van der Waals surface area contributed by atoms with E-state index in [-0.39, 0.29) is 35.8 Å². The number of hydrogen-bond donors (Lipinski definition) is 2. The number of carbonyl (C=O) groups is 1. The lowest BCUT2D eigenvalue weighted by Gasteiger charge is -2.31. The molecular weight excluding hydrogens is 521 g/mol. The molecule has 0 bridgehead atoms. The number of morpholine rings is 1. The van der Waals surface area contributed by atoms with Crippen molar-refractivity contribution in [3.63, 3.8) is 0 Å². The molecule has 1 aliphatic heterocycles. The molecule has 8 nitrogen and oxygen atoms in total. The van der Waals surface area contributed by atoms with Crippen molar-refractivity contribution in [2.45, 2.75) is 39.2 Å². The zero-order valence-electron chi connectivity index (χ0n) is 19.1. The highest BCUT2D eigenvalue weighted by atomic mass is 127. The van der Waals surface area contributed by atoms with E-state index >= 15 is 0 Å². The average Bonchev–Trinajstić information content (AvgIpc) is 3.24. The van der Waals surface area contributed by atoms with E-state index in [2.05, 4.69) is 34.6 Å². The Kier molecular flexibility index (Phi) is 10.9. The molecule has 1 fully saturated rings. The molecule has 3 rings (SSSR count). The van der Waals surface area contributed by atoms with Gasteiger partial charge in [0, 0.05) is 45.2 Å². The first-order valence-electron chi connectivity index (χ1n) is 11.0. The summed E-state index contributed by atoms with van der Waals surface area (Å²) in [6.45, 7) is 7.57. The lowest BCUT2D eigenvalue weighted by Crippen LogP contribution is -2.47. The highest BCUT2D eigenvalue weighted by molar-refractivity contribution is 14.0. The first-order chi connectivity index (χ1) is 15.2. The molecule has 1 amide bonds. The van der Waals surface area contributed by atoms with Gasteiger partial charge >= 0.3 is 0 Å². The molecule has 176 valence electrons. The van der Waals surface area contributed by atoms with Crippen LogP contribution in [0.4, 0.5) is 0 Å². The molecule has 2 aromatic rings. The Morgan fingerprint density at radius 2 is 1.88 bits per heavy atom. The van der Waals surface area contributed by atoms with Crippen molar-refractivity contribution >= 4 is 35.8 Å². The molecule has 2 heterocycles. The second kappa shape index (κ2) is 13.4. The zero-order chi connectivity index (χ0) is 22.1. The van der Waals surface area contributed by atoms with Crippen LogP contribution in [0.25, 0.3) is 0 Å². The summed E-state index contributed by atoms with van der Waals surface area (Å²) in [4.78, 5) is 19.5. The summed E-state index contributed by atoms with van der Waals surface area (Å²) in [7, 11) is 1.73. The van der Waals surface area contributed by atoms with Crippen molar-refractivity contribution in [3.05, 3.63) is 52.9 Å². The van der Waals surface area contributed by atoms with Gasteiger partial charge in [0.05, 0.1) is 24.8 Å². The Hall–Kier alpha value is -2.14. The predicted octanol–water partition coefficient (Wildman–Crippen LogP) is 2.73. The summed E-state index contributed by atoms with van der Waals surface area (Å²) in [5.41, 5.74) is 3.03. The van der Waals surface area contributed by atoms with Crippen LogP contribution in [-0.2, 0) is 28.9 Å². The minimum absolute atomic E-state index is 0. The number of amides is 1. The maximum atomic E-state index is 13.3. The molecule has 1 unspecified atom stereocenters. The second-order valence-electron chi connectivity index (χ2n) is 7.45. The van der Waals surface area contributed by atoms with E-state index in [1.54, 1.807) is 7.05 Å². The first kappa shape index (κ1) is 26.1. The summed E-state index contributed by atoms with van der Waals surface area (Å²) in [6, 6.07) is 9.89. The van der Waals surface area contributed by atoms with Crippen LogP contribution < -0.4 is 10.6 Å². The highest BCUT2D eigenvalue weighted by Crippen LogP contribution is 2.19. The fourth-order valence-corrected chi connectivity index (χ4v) is 3.77. The number of carbonyl (C=O) groups excluding carboxylic acids is 1. The lowest BCUT2D eigenvalue weighted by molar-refractivity contribution is -0.136. The highest BCUT2D eigenvalue weighted by Gasteiger charge is 2.27. The van der Waals surface area contributed by atoms with Gasteiger partial charge in [-0.05, 0) is 12.0 Å². The quantitative estimate of drug-likeness (QED) is 0.296. The molecule has 1 aromatic heterocycles. The number of aliphatic imine (C=N–C) groups is 1.